The summed E-state index contributed by atoms with van der Waals surface area (Å²) in [5, 5.41) is 0. The molecular weight excluding hydrogens is 737 g/mol. The molecule has 0 unspecified atom stereocenters. The Kier molecular flexibility index (Phi) is 35.2. The summed E-state index contributed by atoms with van der Waals surface area (Å²) in [6, 6.07) is 0. The van der Waals surface area contributed by atoms with Crippen molar-refractivity contribution in [3.8, 4) is 0 Å². The van der Waals surface area contributed by atoms with E-state index in [1.807, 2.05) is 4.90 Å². The monoisotopic (exact) mass is 831 g/mol. The van der Waals surface area contributed by atoms with Crippen LogP contribution in [-0.2, 0) is 14.3 Å². The van der Waals surface area contributed by atoms with Crippen LogP contribution in [0.4, 0.5) is 9.59 Å². The van der Waals surface area contributed by atoms with E-state index in [4.69, 9.17) is 15.2 Å². The number of allylic oxidation sites excluding steroid dienone is 4. The predicted octanol–water partition coefficient (Wildman–Crippen LogP) is 14.8. The molecule has 59 heavy (non-hydrogen) atoms. The van der Waals surface area contributed by atoms with E-state index in [1.165, 1.54) is 154 Å². The molecular formula is C50H94N4O5. The first-order chi connectivity index (χ1) is 28.2. The van der Waals surface area contributed by atoms with E-state index in [-0.39, 0.29) is 24.8 Å². The third-order valence-corrected chi connectivity index (χ3v) is 10.3. The van der Waals surface area contributed by atoms with E-state index in [0.29, 0.717) is 13.1 Å². The molecule has 0 rings (SSSR count). The van der Waals surface area contributed by atoms with Crippen molar-refractivity contribution in [2.24, 2.45) is 10.7 Å². The first-order valence-corrected chi connectivity index (χ1v) is 24.4. The van der Waals surface area contributed by atoms with E-state index in [9.17, 15) is 14.4 Å². The quantitative estimate of drug-likeness (QED) is 0.0294. The van der Waals surface area contributed by atoms with Gasteiger partial charge in [-0.3, -0.25) is 4.79 Å². The van der Waals surface area contributed by atoms with Gasteiger partial charge in [-0.2, -0.15) is 0 Å². The molecule has 0 saturated carbocycles. The number of amides is 3. The smallest absolute Gasteiger partial charge is 0.437 e. The number of hydrogen-bond donors (Lipinski definition) is 1. The number of guanidine groups is 1. The lowest BCUT2D eigenvalue weighted by molar-refractivity contribution is -0.131. The van der Waals surface area contributed by atoms with Crippen LogP contribution < -0.4 is 5.73 Å². The highest BCUT2D eigenvalue weighted by atomic mass is 16.6. The lowest BCUT2D eigenvalue weighted by atomic mass is 10.1. The van der Waals surface area contributed by atoms with E-state index in [1.54, 1.807) is 41.5 Å². The normalized spacial score (nSPS) is 12.4. The fourth-order valence-corrected chi connectivity index (χ4v) is 6.88. The number of unbranched alkanes of at least 4 members (excludes halogenated alkanes) is 24. The molecule has 0 aromatic heterocycles. The number of aliphatic imine (C=N–C) groups is 1. The first-order valence-electron chi connectivity index (χ1n) is 24.4. The maximum absolute atomic E-state index is 13.7. The molecule has 0 aliphatic heterocycles. The summed E-state index contributed by atoms with van der Waals surface area (Å²) in [4.78, 5) is 46.2. The summed E-state index contributed by atoms with van der Waals surface area (Å²) in [5.41, 5.74) is 4.59. The zero-order chi connectivity index (χ0) is 44.0. The van der Waals surface area contributed by atoms with Crippen LogP contribution in [0.2, 0.25) is 0 Å². The Morgan fingerprint density at radius 3 is 1.19 bits per heavy atom. The van der Waals surface area contributed by atoms with Gasteiger partial charge in [0.25, 0.3) is 0 Å². The summed E-state index contributed by atoms with van der Waals surface area (Å²) < 4.78 is 10.8. The molecule has 2 N–H and O–H groups in total. The molecule has 0 heterocycles. The summed E-state index contributed by atoms with van der Waals surface area (Å²) in [7, 11) is 0. The zero-order valence-electron chi connectivity index (χ0n) is 39.9. The zero-order valence-corrected chi connectivity index (χ0v) is 39.9. The summed E-state index contributed by atoms with van der Waals surface area (Å²) >= 11 is 0. The van der Waals surface area contributed by atoms with Crippen LogP contribution in [0.1, 0.15) is 242 Å². The maximum atomic E-state index is 13.7. The minimum Gasteiger partial charge on any atom is -0.443 e. The van der Waals surface area contributed by atoms with Crippen molar-refractivity contribution in [2.75, 3.05) is 19.6 Å². The Hall–Kier alpha value is -2.84. The van der Waals surface area contributed by atoms with Gasteiger partial charge in [0.15, 0.2) is 0 Å². The van der Waals surface area contributed by atoms with Gasteiger partial charge in [0.05, 0.1) is 0 Å². The van der Waals surface area contributed by atoms with Gasteiger partial charge in [0.1, 0.15) is 11.2 Å². The van der Waals surface area contributed by atoms with Crippen LogP contribution in [0.5, 0.6) is 0 Å². The Bertz CT molecular complexity index is 1100. The van der Waals surface area contributed by atoms with Crippen molar-refractivity contribution in [3.63, 3.8) is 0 Å². The molecule has 0 fully saturated rings. The second kappa shape index (κ2) is 37.0. The van der Waals surface area contributed by atoms with Gasteiger partial charge in [0.2, 0.25) is 11.9 Å². The van der Waals surface area contributed by atoms with Gasteiger partial charge in [-0.25, -0.2) is 14.5 Å². The fourth-order valence-electron chi connectivity index (χ4n) is 6.88. The highest BCUT2D eigenvalue weighted by Crippen LogP contribution is 2.16. The van der Waals surface area contributed by atoms with Gasteiger partial charge in [-0.15, -0.1) is 4.99 Å². The molecule has 0 radical (unpaired) electrons. The van der Waals surface area contributed by atoms with Crippen molar-refractivity contribution in [3.05, 3.63) is 24.3 Å². The van der Waals surface area contributed by atoms with Crippen molar-refractivity contribution in [1.29, 1.82) is 0 Å². The number of hydrogen-bond acceptors (Lipinski definition) is 5. The predicted molar refractivity (Wildman–Crippen MR) is 251 cm³/mol. The highest BCUT2D eigenvalue weighted by molar-refractivity contribution is 5.98. The molecule has 9 nitrogen and oxygen atoms in total. The molecule has 344 valence electrons. The molecule has 0 aromatic carbocycles. The first kappa shape index (κ1) is 56.2. The van der Waals surface area contributed by atoms with Crippen LogP contribution in [0.25, 0.3) is 0 Å². The van der Waals surface area contributed by atoms with Gasteiger partial charge < -0.3 is 20.1 Å². The largest absolute Gasteiger partial charge is 0.443 e. The van der Waals surface area contributed by atoms with Crippen LogP contribution in [0.3, 0.4) is 0 Å². The minimum absolute atomic E-state index is 0.0379. The molecule has 0 saturated heterocycles. The topological polar surface area (TPSA) is 115 Å². The maximum Gasteiger partial charge on any atom is 0.437 e. The Balaban J connectivity index is 5.00. The second-order valence-electron chi connectivity index (χ2n) is 18.6. The Morgan fingerprint density at radius 2 is 0.831 bits per heavy atom. The van der Waals surface area contributed by atoms with Crippen molar-refractivity contribution < 1.29 is 23.9 Å². The van der Waals surface area contributed by atoms with E-state index < -0.39 is 23.4 Å². The molecule has 3 amide bonds. The number of ether oxygens (including phenoxy) is 2. The van der Waals surface area contributed by atoms with Crippen molar-refractivity contribution >= 4 is 24.1 Å². The third kappa shape index (κ3) is 37.9. The number of rotatable bonds is 35. The van der Waals surface area contributed by atoms with E-state index >= 15 is 0 Å². The number of carbonyl (C=O) groups is 3. The molecule has 9 heteroatoms. The molecule has 0 aliphatic rings. The van der Waals surface area contributed by atoms with Crippen LogP contribution in [0.15, 0.2) is 29.3 Å². The number of carbonyl (C=O) groups excluding carboxylic acids is 3. The van der Waals surface area contributed by atoms with Crippen molar-refractivity contribution in [1.82, 2.24) is 9.80 Å². The Labute approximate surface area is 364 Å². The number of nitrogens with two attached hydrogens (primary N) is 1. The van der Waals surface area contributed by atoms with Crippen LogP contribution in [0, 0.1) is 0 Å². The lowest BCUT2D eigenvalue weighted by Gasteiger charge is -2.28. The van der Waals surface area contributed by atoms with Crippen LogP contribution >= 0.6 is 0 Å². The molecule has 0 bridgehead atoms. The summed E-state index contributed by atoms with van der Waals surface area (Å²) in [5.74, 6) is -0.390. The SMILES string of the molecule is CCCCCCCCC=CCCCCCCCCN(CCCCCCCCC=CCCCCCCCC)C(=O)CCN(C(=O)OC(C)(C)C)C(N)=NC(=O)OC(C)(C)C. The minimum atomic E-state index is -0.906. The van der Waals surface area contributed by atoms with Gasteiger partial charge in [0, 0.05) is 26.1 Å². The van der Waals surface area contributed by atoms with E-state index in [2.05, 4.69) is 43.1 Å². The Morgan fingerprint density at radius 1 is 0.492 bits per heavy atom. The summed E-state index contributed by atoms with van der Waals surface area (Å²) in [6.07, 6.45) is 42.6. The van der Waals surface area contributed by atoms with Crippen molar-refractivity contribution in [2.45, 2.75) is 253 Å². The third-order valence-electron chi connectivity index (χ3n) is 10.3. The van der Waals surface area contributed by atoms with Gasteiger partial charge >= 0.3 is 12.2 Å². The fraction of sp³-hybridized carbons (Fsp3) is 0.840. The summed E-state index contributed by atoms with van der Waals surface area (Å²) in [6.45, 7) is 16.3. The average molecular weight is 831 g/mol. The molecule has 0 atom stereocenters. The average Bonchev–Trinajstić information content (AvgIpc) is 3.15. The van der Waals surface area contributed by atoms with Gasteiger partial charge in [-0.1, -0.05) is 154 Å². The molecule has 0 aromatic rings. The lowest BCUT2D eigenvalue weighted by Crippen LogP contribution is -2.47. The highest BCUT2D eigenvalue weighted by Gasteiger charge is 2.27. The molecule has 0 aliphatic carbocycles. The standard InChI is InChI=1S/C50H94N4O5/c1-9-11-13-15-17-19-21-23-25-27-29-31-33-35-37-39-42-53(43-40-38-36-34-32-30-28-26-24-22-20-18-16-14-12-10-2)45(55)41-44-54(48(57)59-50(6,7)8)46(51)52-47(56)58-49(3,4)5/h23-26H,9-22,27-44H2,1-8H3,(H2,51,52,56). The molecule has 0 spiro atoms. The second-order valence-corrected chi connectivity index (χ2v) is 18.6. The van der Waals surface area contributed by atoms with Crippen LogP contribution in [-0.4, -0.2) is 64.7 Å². The van der Waals surface area contributed by atoms with Gasteiger partial charge in [-0.05, 0) is 106 Å². The van der Waals surface area contributed by atoms with E-state index in [0.717, 1.165) is 30.6 Å². The number of nitrogens with zero attached hydrogens (tertiary/aromatic N) is 3.